The van der Waals surface area contributed by atoms with Crippen molar-refractivity contribution in [3.63, 3.8) is 0 Å². The molecule has 2 aliphatic rings. The van der Waals surface area contributed by atoms with Crippen molar-refractivity contribution >= 4 is 17.7 Å². The van der Waals surface area contributed by atoms with E-state index in [0.717, 1.165) is 19.6 Å². The number of nitrogens with zero attached hydrogens (tertiary/aromatic N) is 1. The first-order valence-corrected chi connectivity index (χ1v) is 7.83. The fraction of sp³-hybridized carbons (Fsp3) is 0.923. The van der Waals surface area contributed by atoms with Crippen LogP contribution in [-0.2, 0) is 4.79 Å². The molecule has 2 unspecified atom stereocenters. The lowest BCUT2D eigenvalue weighted by molar-refractivity contribution is -0.128. The van der Waals surface area contributed by atoms with E-state index in [-0.39, 0.29) is 0 Å². The minimum atomic E-state index is 0.352. The summed E-state index contributed by atoms with van der Waals surface area (Å²) in [6.45, 7) is 7.61. The van der Waals surface area contributed by atoms with Crippen LogP contribution in [0.2, 0.25) is 0 Å². The van der Waals surface area contributed by atoms with E-state index >= 15 is 0 Å². The highest BCUT2D eigenvalue weighted by Crippen LogP contribution is 2.25. The molecule has 2 aliphatic heterocycles. The number of nitrogens with one attached hydrogen (secondary N) is 1. The number of hydrogen-bond acceptors (Lipinski definition) is 3. The van der Waals surface area contributed by atoms with Gasteiger partial charge in [0.15, 0.2) is 0 Å². The summed E-state index contributed by atoms with van der Waals surface area (Å²) in [4.78, 5) is 14.2. The molecule has 0 aliphatic carbocycles. The summed E-state index contributed by atoms with van der Waals surface area (Å²) in [6, 6.07) is 0.450. The maximum absolute atomic E-state index is 12.1. The topological polar surface area (TPSA) is 32.3 Å². The average molecular weight is 256 g/mol. The maximum atomic E-state index is 12.1. The largest absolute Gasteiger partial charge is 0.339 e. The minimum Gasteiger partial charge on any atom is -0.339 e. The smallest absolute Gasteiger partial charge is 0.232 e. The predicted octanol–water partition coefficient (Wildman–Crippen LogP) is 1.73. The minimum absolute atomic E-state index is 0.352. The summed E-state index contributed by atoms with van der Waals surface area (Å²) >= 11 is 1.86. The molecule has 2 saturated heterocycles. The number of thioether (sulfide) groups is 1. The number of carbonyl (C=O) groups is 1. The fourth-order valence-electron chi connectivity index (χ4n) is 2.88. The van der Waals surface area contributed by atoms with Gasteiger partial charge in [-0.3, -0.25) is 4.79 Å². The molecule has 2 heterocycles. The molecule has 3 nitrogen and oxygen atoms in total. The van der Waals surface area contributed by atoms with Gasteiger partial charge >= 0.3 is 0 Å². The molecule has 1 amide bonds. The quantitative estimate of drug-likeness (QED) is 0.834. The SMILES string of the molecule is CC1CC(C)N(C(=O)CSC2CCNCC2)C1. The van der Waals surface area contributed by atoms with Crippen LogP contribution in [0.3, 0.4) is 0 Å². The maximum Gasteiger partial charge on any atom is 0.232 e. The van der Waals surface area contributed by atoms with Gasteiger partial charge in [-0.05, 0) is 45.2 Å². The van der Waals surface area contributed by atoms with E-state index in [9.17, 15) is 4.79 Å². The van der Waals surface area contributed by atoms with Gasteiger partial charge in [-0.2, -0.15) is 0 Å². The molecule has 0 radical (unpaired) electrons. The molecule has 2 fully saturated rings. The second kappa shape index (κ2) is 6.10. The Hall–Kier alpha value is -0.220. The average Bonchev–Trinajstić information content (AvgIpc) is 2.67. The molecule has 0 spiro atoms. The van der Waals surface area contributed by atoms with Crippen LogP contribution in [0, 0.1) is 5.92 Å². The van der Waals surface area contributed by atoms with Gasteiger partial charge in [0.2, 0.25) is 5.91 Å². The number of rotatable bonds is 3. The van der Waals surface area contributed by atoms with Crippen LogP contribution in [0.15, 0.2) is 0 Å². The monoisotopic (exact) mass is 256 g/mol. The van der Waals surface area contributed by atoms with Gasteiger partial charge in [-0.15, -0.1) is 11.8 Å². The van der Waals surface area contributed by atoms with Gasteiger partial charge in [-0.1, -0.05) is 6.92 Å². The second-order valence-corrected chi connectivity index (χ2v) is 6.79. The van der Waals surface area contributed by atoms with Crippen molar-refractivity contribution in [2.75, 3.05) is 25.4 Å². The molecule has 17 heavy (non-hydrogen) atoms. The number of amides is 1. The van der Waals surface area contributed by atoms with Crippen molar-refractivity contribution in [3.8, 4) is 0 Å². The first-order chi connectivity index (χ1) is 8.16. The Morgan fingerprint density at radius 3 is 2.65 bits per heavy atom. The first kappa shape index (κ1) is 13.2. The Labute approximate surface area is 109 Å². The molecule has 1 N–H and O–H groups in total. The normalized spacial score (nSPS) is 30.8. The molecule has 4 heteroatoms. The third-order valence-electron chi connectivity index (χ3n) is 3.83. The molecule has 2 rings (SSSR count). The number of piperidine rings is 1. The summed E-state index contributed by atoms with van der Waals surface area (Å²) in [7, 11) is 0. The molecular weight excluding hydrogens is 232 g/mol. The molecule has 2 atom stereocenters. The fourth-order valence-corrected chi connectivity index (χ4v) is 3.99. The third kappa shape index (κ3) is 3.62. The van der Waals surface area contributed by atoms with E-state index in [1.54, 1.807) is 0 Å². The Morgan fingerprint density at radius 2 is 2.06 bits per heavy atom. The number of hydrogen-bond donors (Lipinski definition) is 1. The van der Waals surface area contributed by atoms with Crippen molar-refractivity contribution in [1.29, 1.82) is 0 Å². The van der Waals surface area contributed by atoms with E-state index < -0.39 is 0 Å². The Bertz CT molecular complexity index is 266. The molecule has 0 bridgehead atoms. The van der Waals surface area contributed by atoms with Gasteiger partial charge in [0, 0.05) is 17.8 Å². The van der Waals surface area contributed by atoms with Crippen molar-refractivity contribution in [1.82, 2.24) is 10.2 Å². The summed E-state index contributed by atoms with van der Waals surface area (Å²) in [6.07, 6.45) is 3.59. The molecule has 0 aromatic carbocycles. The van der Waals surface area contributed by atoms with Gasteiger partial charge in [0.05, 0.1) is 5.75 Å². The number of likely N-dealkylation sites (tertiary alicyclic amines) is 1. The van der Waals surface area contributed by atoms with Crippen LogP contribution < -0.4 is 5.32 Å². The van der Waals surface area contributed by atoms with Crippen molar-refractivity contribution in [2.24, 2.45) is 5.92 Å². The van der Waals surface area contributed by atoms with E-state index in [2.05, 4.69) is 24.1 Å². The van der Waals surface area contributed by atoms with Gasteiger partial charge in [0.25, 0.3) is 0 Å². The summed E-state index contributed by atoms with van der Waals surface area (Å²) in [5.74, 6) is 1.71. The van der Waals surface area contributed by atoms with Crippen molar-refractivity contribution in [3.05, 3.63) is 0 Å². The van der Waals surface area contributed by atoms with E-state index in [1.807, 2.05) is 11.8 Å². The molecule has 0 aromatic heterocycles. The zero-order chi connectivity index (χ0) is 12.3. The third-order valence-corrected chi connectivity index (χ3v) is 5.19. The Kier molecular flexibility index (Phi) is 4.74. The van der Waals surface area contributed by atoms with Crippen LogP contribution in [0.4, 0.5) is 0 Å². The lowest BCUT2D eigenvalue weighted by atomic mass is 10.1. The van der Waals surface area contributed by atoms with Crippen molar-refractivity contribution in [2.45, 2.75) is 44.4 Å². The van der Waals surface area contributed by atoms with Crippen LogP contribution in [-0.4, -0.2) is 47.5 Å². The summed E-state index contributed by atoms with van der Waals surface area (Å²) in [5, 5.41) is 4.05. The number of carbonyl (C=O) groups excluding carboxylic acids is 1. The molecule has 98 valence electrons. The van der Waals surface area contributed by atoms with Crippen LogP contribution in [0.1, 0.15) is 33.1 Å². The summed E-state index contributed by atoms with van der Waals surface area (Å²) < 4.78 is 0. The van der Waals surface area contributed by atoms with Crippen LogP contribution in [0.25, 0.3) is 0 Å². The highest BCUT2D eigenvalue weighted by atomic mass is 32.2. The van der Waals surface area contributed by atoms with E-state index in [1.165, 1.54) is 19.3 Å². The van der Waals surface area contributed by atoms with Gasteiger partial charge in [-0.25, -0.2) is 0 Å². The Morgan fingerprint density at radius 1 is 1.35 bits per heavy atom. The van der Waals surface area contributed by atoms with E-state index in [0.29, 0.717) is 28.9 Å². The first-order valence-electron chi connectivity index (χ1n) is 6.78. The zero-order valence-corrected chi connectivity index (χ0v) is 11.8. The molecule has 0 saturated carbocycles. The zero-order valence-electron chi connectivity index (χ0n) is 10.9. The standard InChI is InChI=1S/C13H24N2OS/c1-10-7-11(2)15(8-10)13(16)9-17-12-3-5-14-6-4-12/h10-12,14H,3-9H2,1-2H3. The van der Waals surface area contributed by atoms with Crippen LogP contribution in [0.5, 0.6) is 0 Å². The predicted molar refractivity (Wildman–Crippen MR) is 73.3 cm³/mol. The van der Waals surface area contributed by atoms with Gasteiger partial charge < -0.3 is 10.2 Å². The van der Waals surface area contributed by atoms with Gasteiger partial charge in [0.1, 0.15) is 0 Å². The molecular formula is C13H24N2OS. The van der Waals surface area contributed by atoms with Crippen LogP contribution >= 0.6 is 11.8 Å². The van der Waals surface area contributed by atoms with Crippen molar-refractivity contribution < 1.29 is 4.79 Å². The second-order valence-electron chi connectivity index (χ2n) is 5.50. The summed E-state index contributed by atoms with van der Waals surface area (Å²) in [5.41, 5.74) is 0. The molecule has 0 aromatic rings. The Balaban J connectivity index is 1.73. The highest BCUT2D eigenvalue weighted by molar-refractivity contribution is 8.00. The highest BCUT2D eigenvalue weighted by Gasteiger charge is 2.30. The lowest BCUT2D eigenvalue weighted by Crippen LogP contribution is -2.36. The lowest BCUT2D eigenvalue weighted by Gasteiger charge is -2.25. The van der Waals surface area contributed by atoms with E-state index in [4.69, 9.17) is 0 Å².